The van der Waals surface area contributed by atoms with Crippen LogP contribution in [-0.2, 0) is 0 Å². The van der Waals surface area contributed by atoms with Gasteiger partial charge in [0.15, 0.2) is 0 Å². The van der Waals surface area contributed by atoms with Crippen LogP contribution >= 0.6 is 22.7 Å². The molecule has 0 aliphatic heterocycles. The number of fused-ring (bicyclic) bond motifs is 7. The molecule has 2 heterocycles. The maximum Gasteiger partial charge on any atom is 0.0542 e. The topological polar surface area (TPSA) is 0 Å². The third-order valence-electron chi connectivity index (χ3n) is 6.28. The van der Waals surface area contributed by atoms with Crippen LogP contribution in [0.3, 0.4) is 0 Å². The van der Waals surface area contributed by atoms with Gasteiger partial charge in [-0.15, -0.1) is 22.7 Å². The summed E-state index contributed by atoms with van der Waals surface area (Å²) in [6.45, 7) is 2.16. The van der Waals surface area contributed by atoms with Crippen molar-refractivity contribution in [2.24, 2.45) is 0 Å². The van der Waals surface area contributed by atoms with Crippen molar-refractivity contribution in [3.63, 3.8) is 0 Å². The maximum atomic E-state index is 3.32. The summed E-state index contributed by atoms with van der Waals surface area (Å²) in [6.07, 6.45) is 0. The molecular formula is C31H18S2. The van der Waals surface area contributed by atoms with Crippen molar-refractivity contribution < 1.29 is 0 Å². The minimum Gasteiger partial charge on any atom is -0.134 e. The molecule has 0 bridgehead atoms. The predicted molar refractivity (Wildman–Crippen MR) is 147 cm³/mol. The molecule has 5 aromatic carbocycles. The molecular weight excluding hydrogens is 436 g/mol. The zero-order valence-corrected chi connectivity index (χ0v) is 19.6. The smallest absolute Gasteiger partial charge is 0.0542 e. The Bertz CT molecular complexity index is 1920. The molecule has 7 aromatic rings. The van der Waals surface area contributed by atoms with Crippen LogP contribution in [0.15, 0.2) is 91.0 Å². The molecule has 0 N–H and O–H groups in total. The summed E-state index contributed by atoms with van der Waals surface area (Å²) in [5.74, 6) is 6.60. The second-order valence-electron chi connectivity index (χ2n) is 8.59. The number of thiophene rings is 2. The minimum atomic E-state index is 1.04. The van der Waals surface area contributed by atoms with Crippen molar-refractivity contribution in [1.82, 2.24) is 0 Å². The fourth-order valence-corrected chi connectivity index (χ4v) is 7.30. The van der Waals surface area contributed by atoms with Gasteiger partial charge in [0, 0.05) is 31.3 Å². The third-order valence-corrected chi connectivity index (χ3v) is 8.78. The average Bonchev–Trinajstić information content (AvgIpc) is 3.35. The lowest BCUT2D eigenvalue weighted by molar-refractivity contribution is 1.51. The van der Waals surface area contributed by atoms with Crippen molar-refractivity contribution in [3.8, 4) is 11.8 Å². The van der Waals surface area contributed by atoms with E-state index in [1.54, 1.807) is 0 Å². The van der Waals surface area contributed by atoms with Gasteiger partial charge in [-0.25, -0.2) is 0 Å². The molecule has 0 nitrogen and oxygen atoms in total. The highest BCUT2D eigenvalue weighted by atomic mass is 32.1. The predicted octanol–water partition coefficient (Wildman–Crippen LogP) is 9.28. The van der Waals surface area contributed by atoms with Gasteiger partial charge in [0.05, 0.1) is 9.40 Å². The summed E-state index contributed by atoms with van der Waals surface area (Å²) in [7, 11) is 0. The Hall–Kier alpha value is -3.64. The summed E-state index contributed by atoms with van der Waals surface area (Å²) >= 11 is 3.84. The lowest BCUT2D eigenvalue weighted by Gasteiger charge is -2.01. The summed E-state index contributed by atoms with van der Waals surface area (Å²) in [6, 6.07) is 32.9. The van der Waals surface area contributed by atoms with Crippen LogP contribution in [-0.4, -0.2) is 0 Å². The number of rotatable bonds is 0. The van der Waals surface area contributed by atoms with Gasteiger partial charge in [0.2, 0.25) is 0 Å². The van der Waals surface area contributed by atoms with E-state index in [0.717, 1.165) is 11.1 Å². The van der Waals surface area contributed by atoms with Crippen LogP contribution < -0.4 is 0 Å². The van der Waals surface area contributed by atoms with E-state index in [9.17, 15) is 0 Å². The molecule has 0 atom stereocenters. The van der Waals surface area contributed by atoms with E-state index < -0.39 is 0 Å². The van der Waals surface area contributed by atoms with Crippen LogP contribution in [0.4, 0.5) is 0 Å². The van der Waals surface area contributed by atoms with E-state index >= 15 is 0 Å². The highest BCUT2D eigenvalue weighted by molar-refractivity contribution is 7.36. The maximum absolute atomic E-state index is 3.32. The molecule has 0 radical (unpaired) electrons. The number of hydrogen-bond donors (Lipinski definition) is 0. The Morgan fingerprint density at radius 1 is 0.515 bits per heavy atom. The normalized spacial score (nSPS) is 11.5. The molecule has 0 unspecified atom stereocenters. The third kappa shape index (κ3) is 3.13. The van der Waals surface area contributed by atoms with Crippen molar-refractivity contribution in [3.05, 3.63) is 108 Å². The van der Waals surface area contributed by atoms with Crippen LogP contribution in [0.25, 0.3) is 51.1 Å². The molecule has 2 aromatic heterocycles. The van der Waals surface area contributed by atoms with E-state index in [2.05, 4.69) is 79.4 Å². The molecule has 0 spiro atoms. The van der Waals surface area contributed by atoms with Gasteiger partial charge in [0.1, 0.15) is 0 Å². The molecule has 0 saturated carbocycles. The SMILES string of the molecule is Cc1ccc2cc3c(cc2c1)sc1c2cc4ccc(C#Cc5ccccc5)cc4cc2sc31. The highest BCUT2D eigenvalue weighted by Crippen LogP contribution is 2.46. The fraction of sp³-hybridized carbons (Fsp3) is 0.0323. The van der Waals surface area contributed by atoms with E-state index in [-0.39, 0.29) is 0 Å². The van der Waals surface area contributed by atoms with Crippen molar-refractivity contribution >= 4 is 73.8 Å². The van der Waals surface area contributed by atoms with E-state index in [4.69, 9.17) is 0 Å². The molecule has 7 rings (SSSR count). The lowest BCUT2D eigenvalue weighted by atomic mass is 10.0. The lowest BCUT2D eigenvalue weighted by Crippen LogP contribution is -1.78. The van der Waals surface area contributed by atoms with Crippen LogP contribution in [0.1, 0.15) is 16.7 Å². The van der Waals surface area contributed by atoms with Gasteiger partial charge >= 0.3 is 0 Å². The monoisotopic (exact) mass is 454 g/mol. The van der Waals surface area contributed by atoms with E-state index in [0.29, 0.717) is 0 Å². The summed E-state index contributed by atoms with van der Waals surface area (Å²) in [4.78, 5) is 0. The van der Waals surface area contributed by atoms with Crippen LogP contribution in [0, 0.1) is 18.8 Å². The Labute approximate surface area is 199 Å². The molecule has 0 saturated heterocycles. The zero-order chi connectivity index (χ0) is 21.9. The highest BCUT2D eigenvalue weighted by Gasteiger charge is 2.14. The number of aryl methyl sites for hydroxylation is 1. The quantitative estimate of drug-likeness (QED) is 0.200. The molecule has 0 amide bonds. The van der Waals surface area contributed by atoms with Crippen LogP contribution in [0.5, 0.6) is 0 Å². The van der Waals surface area contributed by atoms with Gasteiger partial charge in [0.25, 0.3) is 0 Å². The standard InChI is InChI=1S/C31H18S2/c1-19-7-11-22-15-26-28(17-24(22)13-19)32-31-27-16-23-12-10-21(9-8-20-5-3-2-4-6-20)14-25(23)18-29(27)33-30(26)31/h2-7,10-18H,1H3. The molecule has 0 aliphatic rings. The van der Waals surface area contributed by atoms with Crippen molar-refractivity contribution in [2.45, 2.75) is 6.92 Å². The van der Waals surface area contributed by atoms with Crippen molar-refractivity contribution in [2.75, 3.05) is 0 Å². The second kappa shape index (κ2) is 7.18. The van der Waals surface area contributed by atoms with Gasteiger partial charge in [-0.2, -0.15) is 0 Å². The average molecular weight is 455 g/mol. The Morgan fingerprint density at radius 2 is 1.12 bits per heavy atom. The summed E-state index contributed by atoms with van der Waals surface area (Å²) in [5, 5.41) is 7.91. The Kier molecular flexibility index (Phi) is 4.11. The van der Waals surface area contributed by atoms with Gasteiger partial charge in [-0.1, -0.05) is 59.9 Å². The first-order valence-electron chi connectivity index (χ1n) is 11.0. The summed E-state index contributed by atoms with van der Waals surface area (Å²) < 4.78 is 5.55. The largest absolute Gasteiger partial charge is 0.134 e. The molecule has 33 heavy (non-hydrogen) atoms. The van der Waals surface area contributed by atoms with Gasteiger partial charge in [-0.3, -0.25) is 0 Å². The molecule has 0 fully saturated rings. The molecule has 0 aliphatic carbocycles. The first kappa shape index (κ1) is 18.9. The molecule has 154 valence electrons. The Morgan fingerprint density at radius 3 is 1.82 bits per heavy atom. The van der Waals surface area contributed by atoms with Gasteiger partial charge < -0.3 is 0 Å². The van der Waals surface area contributed by atoms with Crippen molar-refractivity contribution in [1.29, 1.82) is 0 Å². The second-order valence-corrected chi connectivity index (χ2v) is 10.7. The van der Waals surface area contributed by atoms with E-state index in [1.165, 1.54) is 56.7 Å². The zero-order valence-electron chi connectivity index (χ0n) is 18.0. The molecule has 2 heteroatoms. The fourth-order valence-electron chi connectivity index (χ4n) is 4.61. The minimum absolute atomic E-state index is 1.04. The first-order chi connectivity index (χ1) is 16.2. The van der Waals surface area contributed by atoms with E-state index in [1.807, 2.05) is 53.0 Å². The van der Waals surface area contributed by atoms with Crippen LogP contribution in [0.2, 0.25) is 0 Å². The first-order valence-corrected chi connectivity index (χ1v) is 12.6. The number of benzene rings is 5. The summed E-state index contributed by atoms with van der Waals surface area (Å²) in [5.41, 5.74) is 3.40. The Balaban J connectivity index is 1.40. The van der Waals surface area contributed by atoms with Gasteiger partial charge in [-0.05, 0) is 77.0 Å². The number of hydrogen-bond acceptors (Lipinski definition) is 2.